The number of benzene rings is 1. The monoisotopic (exact) mass is 311 g/mol. The van der Waals surface area contributed by atoms with E-state index in [-0.39, 0.29) is 10.6 Å². The third kappa shape index (κ3) is 3.39. The quantitative estimate of drug-likeness (QED) is 0.490. The summed E-state index contributed by atoms with van der Waals surface area (Å²) in [5.74, 6) is -3.57. The molecule has 0 fully saturated rings. The zero-order valence-electron chi connectivity index (χ0n) is 9.63. The van der Waals surface area contributed by atoms with Crippen LogP contribution in [0.2, 0.25) is 0 Å². The third-order valence-corrected chi connectivity index (χ3v) is 3.49. The van der Waals surface area contributed by atoms with Gasteiger partial charge in [0.1, 0.15) is 0 Å². The van der Waals surface area contributed by atoms with Gasteiger partial charge in [-0.15, -0.1) is 11.8 Å². The predicted molar refractivity (Wildman–Crippen MR) is 62.5 cm³/mol. The van der Waals surface area contributed by atoms with Crippen molar-refractivity contribution in [2.75, 3.05) is 5.75 Å². The number of rotatable bonds is 5. The second kappa shape index (κ2) is 5.67. The van der Waals surface area contributed by atoms with Crippen LogP contribution in [-0.4, -0.2) is 38.6 Å². The van der Waals surface area contributed by atoms with Crippen LogP contribution in [0.1, 0.15) is 0 Å². The number of carbonyl (C=O) groups is 1. The fraction of sp³-hybridized carbons (Fsp3) is 0.300. The maximum atomic E-state index is 12.5. The minimum absolute atomic E-state index is 0.166. The maximum absolute atomic E-state index is 12.5. The summed E-state index contributed by atoms with van der Waals surface area (Å²) in [7, 11) is 0. The van der Waals surface area contributed by atoms with Crippen molar-refractivity contribution in [1.82, 2.24) is 0 Å². The number of nitro groups is 1. The van der Waals surface area contributed by atoms with Crippen LogP contribution in [0.5, 0.6) is 0 Å². The van der Waals surface area contributed by atoms with E-state index in [1.54, 1.807) is 0 Å². The first-order chi connectivity index (χ1) is 9.08. The highest BCUT2D eigenvalue weighted by atomic mass is 32.2. The molecule has 0 radical (unpaired) electrons. The molecular weight excluding hydrogens is 303 g/mol. The largest absolute Gasteiger partial charge is 0.479 e. The Morgan fingerprint density at radius 2 is 1.80 bits per heavy atom. The summed E-state index contributed by atoms with van der Waals surface area (Å²) in [5.41, 5.74) is -4.13. The molecule has 0 amide bonds. The van der Waals surface area contributed by atoms with Gasteiger partial charge in [-0.05, 0) is 12.1 Å². The Hall–Kier alpha value is -1.81. The molecule has 20 heavy (non-hydrogen) atoms. The molecule has 0 aliphatic heterocycles. The zero-order valence-corrected chi connectivity index (χ0v) is 10.4. The van der Waals surface area contributed by atoms with Crippen LogP contribution >= 0.6 is 11.8 Å². The summed E-state index contributed by atoms with van der Waals surface area (Å²) in [6, 6.07) is 4.47. The summed E-state index contributed by atoms with van der Waals surface area (Å²) in [6.45, 7) is 0. The molecule has 0 saturated heterocycles. The van der Waals surface area contributed by atoms with Crippen molar-refractivity contribution in [3.63, 3.8) is 0 Å². The van der Waals surface area contributed by atoms with Crippen LogP contribution < -0.4 is 0 Å². The zero-order chi connectivity index (χ0) is 15.6. The Labute approximate surface area is 114 Å². The van der Waals surface area contributed by atoms with Gasteiger partial charge in [-0.3, -0.25) is 10.1 Å². The molecule has 0 unspecified atom stereocenters. The number of aliphatic carboxylic acids is 1. The highest BCUT2D eigenvalue weighted by molar-refractivity contribution is 7.99. The van der Waals surface area contributed by atoms with E-state index < -0.39 is 28.4 Å². The third-order valence-electron chi connectivity index (χ3n) is 2.32. The Bertz CT molecular complexity index is 519. The Balaban J connectivity index is 2.84. The molecule has 2 N–H and O–H groups in total. The van der Waals surface area contributed by atoms with Crippen molar-refractivity contribution in [3.05, 3.63) is 34.4 Å². The van der Waals surface area contributed by atoms with Crippen molar-refractivity contribution in [2.45, 2.75) is 16.7 Å². The summed E-state index contributed by atoms with van der Waals surface area (Å²) in [4.78, 5) is 20.4. The fourth-order valence-electron chi connectivity index (χ4n) is 1.12. The minimum atomic E-state index is -5.33. The number of nitrogens with zero attached hydrogens (tertiary/aromatic N) is 1. The average molecular weight is 311 g/mol. The molecule has 10 heteroatoms. The van der Waals surface area contributed by atoms with E-state index in [4.69, 9.17) is 5.11 Å². The lowest BCUT2D eigenvalue weighted by atomic mass is 10.1. The highest BCUT2D eigenvalue weighted by Crippen LogP contribution is 2.35. The second-order valence-corrected chi connectivity index (χ2v) is 4.75. The van der Waals surface area contributed by atoms with E-state index in [9.17, 15) is 33.2 Å². The predicted octanol–water partition coefficient (Wildman–Crippen LogP) is 2.06. The van der Waals surface area contributed by atoms with Crippen molar-refractivity contribution in [2.24, 2.45) is 0 Å². The number of hydrogen-bond donors (Lipinski definition) is 2. The van der Waals surface area contributed by atoms with Gasteiger partial charge in [-0.1, -0.05) is 0 Å². The van der Waals surface area contributed by atoms with E-state index in [2.05, 4.69) is 0 Å². The lowest BCUT2D eigenvalue weighted by molar-refractivity contribution is -0.384. The molecule has 0 heterocycles. The number of thioether (sulfide) groups is 1. The van der Waals surface area contributed by atoms with E-state index in [0.717, 1.165) is 12.1 Å². The molecule has 1 aromatic carbocycles. The first kappa shape index (κ1) is 16.2. The lowest BCUT2D eigenvalue weighted by Crippen LogP contribution is -2.54. The van der Waals surface area contributed by atoms with Crippen LogP contribution in [0.15, 0.2) is 29.2 Å². The standard InChI is InChI=1S/C10H8F3NO5S/c11-10(12,13)9(17,8(15)16)5-20-7-3-1-6(2-4-7)14(18)19/h1-4,17H,5H2,(H,15,16)/t9-/m0/s1. The Kier molecular flexibility index (Phi) is 4.61. The molecular formula is C10H8F3NO5S. The summed E-state index contributed by atoms with van der Waals surface area (Å²) >= 11 is 0.430. The number of alkyl halides is 3. The summed E-state index contributed by atoms with van der Waals surface area (Å²) in [5, 5.41) is 28.0. The van der Waals surface area contributed by atoms with Crippen molar-refractivity contribution in [1.29, 1.82) is 0 Å². The van der Waals surface area contributed by atoms with Gasteiger partial charge >= 0.3 is 12.1 Å². The normalized spacial score (nSPS) is 14.6. The molecule has 0 aliphatic rings. The smallest absolute Gasteiger partial charge is 0.429 e. The highest BCUT2D eigenvalue weighted by Gasteiger charge is 2.60. The fourth-order valence-corrected chi connectivity index (χ4v) is 2.11. The Morgan fingerprint density at radius 3 is 2.15 bits per heavy atom. The molecule has 0 saturated carbocycles. The van der Waals surface area contributed by atoms with Gasteiger partial charge in [0.25, 0.3) is 11.3 Å². The minimum Gasteiger partial charge on any atom is -0.479 e. The molecule has 6 nitrogen and oxygen atoms in total. The maximum Gasteiger partial charge on any atom is 0.429 e. The van der Waals surface area contributed by atoms with E-state index in [1.165, 1.54) is 12.1 Å². The molecule has 0 spiro atoms. The number of non-ortho nitro benzene ring substituents is 1. The van der Waals surface area contributed by atoms with Crippen LogP contribution in [0.4, 0.5) is 18.9 Å². The van der Waals surface area contributed by atoms with Crippen LogP contribution in [0.25, 0.3) is 0 Å². The molecule has 110 valence electrons. The number of nitro benzene ring substituents is 1. The molecule has 1 atom stereocenters. The van der Waals surface area contributed by atoms with Gasteiger partial charge < -0.3 is 10.2 Å². The first-order valence-electron chi connectivity index (χ1n) is 4.97. The summed E-state index contributed by atoms with van der Waals surface area (Å²) < 4.78 is 37.5. The number of carboxylic acid groups (broad SMARTS) is 1. The van der Waals surface area contributed by atoms with Crippen molar-refractivity contribution in [3.8, 4) is 0 Å². The molecule has 0 aliphatic carbocycles. The van der Waals surface area contributed by atoms with Gasteiger partial charge in [-0.2, -0.15) is 13.2 Å². The summed E-state index contributed by atoms with van der Waals surface area (Å²) in [6.07, 6.45) is -5.33. The van der Waals surface area contributed by atoms with E-state index in [1.807, 2.05) is 0 Å². The first-order valence-corrected chi connectivity index (χ1v) is 5.96. The van der Waals surface area contributed by atoms with Crippen LogP contribution in [0, 0.1) is 10.1 Å². The molecule has 0 aromatic heterocycles. The molecule has 1 aromatic rings. The van der Waals surface area contributed by atoms with Gasteiger partial charge in [0, 0.05) is 22.8 Å². The number of aliphatic hydroxyl groups is 1. The average Bonchev–Trinajstić information content (AvgIpc) is 2.34. The van der Waals surface area contributed by atoms with Crippen LogP contribution in [-0.2, 0) is 4.79 Å². The SMILES string of the molecule is O=C(O)[C@@](O)(CSc1ccc([N+](=O)[O-])cc1)C(F)(F)F. The van der Waals surface area contributed by atoms with Crippen molar-refractivity contribution >= 4 is 23.4 Å². The number of hydrogen-bond acceptors (Lipinski definition) is 5. The van der Waals surface area contributed by atoms with E-state index in [0.29, 0.717) is 11.8 Å². The number of carboxylic acids is 1. The lowest BCUT2D eigenvalue weighted by Gasteiger charge is -2.25. The van der Waals surface area contributed by atoms with Gasteiger partial charge in [-0.25, -0.2) is 4.79 Å². The topological polar surface area (TPSA) is 101 Å². The molecule has 1 rings (SSSR count). The van der Waals surface area contributed by atoms with Gasteiger partial charge in [0.2, 0.25) is 0 Å². The van der Waals surface area contributed by atoms with Gasteiger partial charge in [0.05, 0.1) is 4.92 Å². The van der Waals surface area contributed by atoms with E-state index >= 15 is 0 Å². The van der Waals surface area contributed by atoms with Crippen LogP contribution in [0.3, 0.4) is 0 Å². The Morgan fingerprint density at radius 1 is 1.30 bits per heavy atom. The second-order valence-electron chi connectivity index (χ2n) is 3.70. The van der Waals surface area contributed by atoms with Gasteiger partial charge in [0.15, 0.2) is 0 Å². The number of halogens is 3. The van der Waals surface area contributed by atoms with Crippen molar-refractivity contribution < 1.29 is 33.1 Å². The molecule has 0 bridgehead atoms.